The Bertz CT molecular complexity index is 664. The van der Waals surface area contributed by atoms with E-state index in [2.05, 4.69) is 9.78 Å². The predicted octanol–water partition coefficient (Wildman–Crippen LogP) is 2.66. The summed E-state index contributed by atoms with van der Waals surface area (Å²) in [7, 11) is 0. The van der Waals surface area contributed by atoms with E-state index in [1.54, 1.807) is 0 Å². The fraction of sp³-hybridized carbons (Fsp3) is 0.444. The molecule has 3 rings (SSSR count). The highest BCUT2D eigenvalue weighted by Crippen LogP contribution is 2.15. The number of carbonyl (C=O) groups excluding carboxylic acids is 3. The molecule has 1 aromatic carbocycles. The average Bonchev–Trinajstić information content (AvgIpc) is 2.63. The summed E-state index contributed by atoms with van der Waals surface area (Å²) < 4.78 is 5.05. The molecule has 8 heteroatoms. The number of carbonyl (C=O) groups is 4. The highest BCUT2D eigenvalue weighted by atomic mass is 17.2. The van der Waals surface area contributed by atoms with Crippen molar-refractivity contribution in [1.82, 2.24) is 0 Å². The van der Waals surface area contributed by atoms with Gasteiger partial charge in [-0.1, -0.05) is 19.3 Å². The van der Waals surface area contributed by atoms with Gasteiger partial charge < -0.3 is 9.84 Å². The molecule has 2 heterocycles. The van der Waals surface area contributed by atoms with Crippen LogP contribution in [-0.4, -0.2) is 35.1 Å². The second kappa shape index (κ2) is 9.55. The molecular weight excluding hydrogens is 344 g/mol. The molecule has 8 nitrogen and oxygen atoms in total. The summed E-state index contributed by atoms with van der Waals surface area (Å²) in [6.45, 7) is 0. The van der Waals surface area contributed by atoms with E-state index in [1.165, 1.54) is 24.3 Å². The van der Waals surface area contributed by atoms with Crippen LogP contribution in [-0.2, 0) is 24.1 Å². The summed E-state index contributed by atoms with van der Waals surface area (Å²) >= 11 is 0. The van der Waals surface area contributed by atoms with Crippen LogP contribution in [0.2, 0.25) is 0 Å². The monoisotopic (exact) mass is 364 g/mol. The number of benzene rings is 1. The summed E-state index contributed by atoms with van der Waals surface area (Å²) in [5.74, 6) is -3.49. The third-order valence-corrected chi connectivity index (χ3v) is 3.94. The SMILES string of the molecule is O=C1CCCCCCCC(C(=O)O)OC(=O)c2ccc(cc2)C(=O)OO1. The van der Waals surface area contributed by atoms with Crippen LogP contribution >= 0.6 is 0 Å². The number of ether oxygens (including phenoxy) is 1. The molecule has 0 amide bonds. The molecule has 0 saturated heterocycles. The fourth-order valence-corrected chi connectivity index (χ4v) is 2.48. The molecular formula is C18H20O8. The first-order chi connectivity index (χ1) is 12.5. The number of rotatable bonds is 1. The highest BCUT2D eigenvalue weighted by molar-refractivity contribution is 5.94. The third-order valence-electron chi connectivity index (χ3n) is 3.94. The predicted molar refractivity (Wildman–Crippen MR) is 87.1 cm³/mol. The molecule has 0 fully saturated rings. The lowest BCUT2D eigenvalue weighted by molar-refractivity contribution is -0.234. The van der Waals surface area contributed by atoms with Gasteiger partial charge in [0.15, 0.2) is 6.10 Å². The number of hydrogen-bond donors (Lipinski definition) is 1. The zero-order valence-corrected chi connectivity index (χ0v) is 14.1. The normalized spacial score (nSPS) is 20.3. The van der Waals surface area contributed by atoms with E-state index in [0.29, 0.717) is 12.8 Å². The summed E-state index contributed by atoms with van der Waals surface area (Å²) in [4.78, 5) is 55.6. The lowest BCUT2D eigenvalue weighted by atomic mass is 10.1. The number of carboxylic acid groups (broad SMARTS) is 1. The van der Waals surface area contributed by atoms with E-state index in [-0.39, 0.29) is 24.0 Å². The van der Waals surface area contributed by atoms with Crippen molar-refractivity contribution in [2.75, 3.05) is 0 Å². The standard InChI is InChI=1S/C18H20O8/c19-15-7-5-3-1-2-4-6-14(16(20)21)24-17(22)12-8-10-13(11-9-12)18(23)26-25-15/h8-11,14H,1-7H2,(H,20,21). The summed E-state index contributed by atoms with van der Waals surface area (Å²) in [5, 5.41) is 9.21. The number of fused-ring (bicyclic) bond motifs is 15. The van der Waals surface area contributed by atoms with Gasteiger partial charge in [-0.05, 0) is 43.5 Å². The van der Waals surface area contributed by atoms with E-state index in [1.807, 2.05) is 0 Å². The van der Waals surface area contributed by atoms with Crippen molar-refractivity contribution in [3.8, 4) is 0 Å². The van der Waals surface area contributed by atoms with Gasteiger partial charge in [0, 0.05) is 0 Å². The largest absolute Gasteiger partial charge is 0.479 e. The highest BCUT2D eigenvalue weighted by Gasteiger charge is 2.23. The van der Waals surface area contributed by atoms with Crippen molar-refractivity contribution in [2.24, 2.45) is 0 Å². The molecule has 0 radical (unpaired) electrons. The molecule has 1 aromatic rings. The Hall–Kier alpha value is -2.90. The van der Waals surface area contributed by atoms with Crippen molar-refractivity contribution in [3.63, 3.8) is 0 Å². The van der Waals surface area contributed by atoms with Gasteiger partial charge in [0.05, 0.1) is 17.5 Å². The Morgan fingerprint density at radius 2 is 1.42 bits per heavy atom. The lowest BCUT2D eigenvalue weighted by Crippen LogP contribution is -2.27. The van der Waals surface area contributed by atoms with Gasteiger partial charge in [0.2, 0.25) is 0 Å². The van der Waals surface area contributed by atoms with Gasteiger partial charge in [0.1, 0.15) is 0 Å². The van der Waals surface area contributed by atoms with Gasteiger partial charge in [-0.3, -0.25) is 0 Å². The van der Waals surface area contributed by atoms with Crippen molar-refractivity contribution >= 4 is 23.9 Å². The first kappa shape index (κ1) is 19.4. The second-order valence-electron chi connectivity index (χ2n) is 5.94. The Balaban J connectivity index is 2.12. The first-order valence-corrected chi connectivity index (χ1v) is 8.43. The van der Waals surface area contributed by atoms with Crippen LogP contribution in [0.15, 0.2) is 24.3 Å². The summed E-state index contributed by atoms with van der Waals surface area (Å²) in [6.07, 6.45) is 2.58. The minimum absolute atomic E-state index is 0.0743. The van der Waals surface area contributed by atoms with Crippen molar-refractivity contribution < 1.29 is 38.8 Å². The van der Waals surface area contributed by atoms with Crippen LogP contribution in [0.4, 0.5) is 0 Å². The van der Waals surface area contributed by atoms with E-state index in [0.717, 1.165) is 19.3 Å². The molecule has 1 N–H and O–H groups in total. The minimum atomic E-state index is -1.22. The molecule has 2 bridgehead atoms. The smallest absolute Gasteiger partial charge is 0.386 e. The van der Waals surface area contributed by atoms with E-state index < -0.39 is 30.0 Å². The molecule has 2 aliphatic rings. The molecule has 26 heavy (non-hydrogen) atoms. The fourth-order valence-electron chi connectivity index (χ4n) is 2.48. The maximum Gasteiger partial charge on any atom is 0.386 e. The molecule has 140 valence electrons. The Labute approximate surface area is 150 Å². The average molecular weight is 364 g/mol. The van der Waals surface area contributed by atoms with Crippen molar-refractivity contribution in [1.29, 1.82) is 0 Å². The van der Waals surface area contributed by atoms with Gasteiger partial charge >= 0.3 is 23.9 Å². The maximum absolute atomic E-state index is 12.1. The number of carboxylic acids is 1. The van der Waals surface area contributed by atoms with Gasteiger partial charge in [0.25, 0.3) is 0 Å². The summed E-state index contributed by atoms with van der Waals surface area (Å²) in [5.41, 5.74) is 0.177. The minimum Gasteiger partial charge on any atom is -0.479 e. The molecule has 0 saturated carbocycles. The van der Waals surface area contributed by atoms with Crippen LogP contribution in [0, 0.1) is 0 Å². The first-order valence-electron chi connectivity index (χ1n) is 8.43. The molecule has 0 spiro atoms. The number of esters is 1. The number of hydrogen-bond acceptors (Lipinski definition) is 7. The Morgan fingerprint density at radius 1 is 0.846 bits per heavy atom. The molecule has 1 atom stereocenters. The van der Waals surface area contributed by atoms with Crippen molar-refractivity contribution in [3.05, 3.63) is 35.4 Å². The molecule has 2 aliphatic heterocycles. The van der Waals surface area contributed by atoms with Gasteiger partial charge in [-0.25, -0.2) is 29.0 Å². The van der Waals surface area contributed by atoms with Gasteiger partial charge in [-0.2, -0.15) is 0 Å². The number of aliphatic carboxylic acids is 1. The quantitative estimate of drug-likeness (QED) is 0.597. The topological polar surface area (TPSA) is 116 Å². The lowest BCUT2D eigenvalue weighted by Gasteiger charge is -2.14. The van der Waals surface area contributed by atoms with Crippen LogP contribution in [0.5, 0.6) is 0 Å². The molecule has 0 aliphatic carbocycles. The summed E-state index contributed by atoms with van der Waals surface area (Å²) in [6, 6.07) is 5.21. The van der Waals surface area contributed by atoms with Crippen LogP contribution < -0.4 is 0 Å². The second-order valence-corrected chi connectivity index (χ2v) is 5.94. The Kier molecular flexibility index (Phi) is 7.13. The van der Waals surface area contributed by atoms with Crippen molar-refractivity contribution in [2.45, 2.75) is 51.0 Å². The third kappa shape index (κ3) is 5.87. The Morgan fingerprint density at radius 3 is 2.08 bits per heavy atom. The zero-order chi connectivity index (χ0) is 18.9. The van der Waals surface area contributed by atoms with Crippen LogP contribution in [0.25, 0.3) is 0 Å². The van der Waals surface area contributed by atoms with E-state index >= 15 is 0 Å². The van der Waals surface area contributed by atoms with E-state index in [9.17, 15) is 24.3 Å². The zero-order valence-electron chi connectivity index (χ0n) is 14.1. The molecule has 1 unspecified atom stereocenters. The van der Waals surface area contributed by atoms with Gasteiger partial charge in [-0.15, -0.1) is 0 Å². The maximum atomic E-state index is 12.1. The van der Waals surface area contributed by atoms with Crippen LogP contribution in [0.1, 0.15) is 65.7 Å². The van der Waals surface area contributed by atoms with E-state index in [4.69, 9.17) is 4.74 Å². The molecule has 0 aromatic heterocycles. The van der Waals surface area contributed by atoms with Crippen LogP contribution in [0.3, 0.4) is 0 Å².